The highest BCUT2D eigenvalue weighted by Gasteiger charge is 2.45. The average Bonchev–Trinajstić information content (AvgIpc) is 3.85. The van der Waals surface area contributed by atoms with Gasteiger partial charge in [-0.2, -0.15) is 0 Å². The van der Waals surface area contributed by atoms with Crippen LogP contribution in [0.3, 0.4) is 0 Å². The normalized spacial score (nSPS) is 16.6. The number of benzene rings is 4. The number of nitrogens with one attached hydrogen (secondary N) is 1. The summed E-state index contributed by atoms with van der Waals surface area (Å²) in [5.74, 6) is -1.97. The van der Waals surface area contributed by atoms with Gasteiger partial charge in [0, 0.05) is 24.8 Å². The van der Waals surface area contributed by atoms with Crippen LogP contribution in [-0.4, -0.2) is 58.6 Å². The van der Waals surface area contributed by atoms with Crippen molar-refractivity contribution < 1.29 is 28.3 Å². The summed E-state index contributed by atoms with van der Waals surface area (Å²) in [6.45, 7) is 0.824. The van der Waals surface area contributed by atoms with Crippen LogP contribution in [0.25, 0.3) is 11.1 Å². The smallest absolute Gasteiger partial charge is 0.408 e. The molecule has 10 nitrogen and oxygen atoms in total. The van der Waals surface area contributed by atoms with Gasteiger partial charge in [-0.1, -0.05) is 110 Å². The molecule has 1 fully saturated rings. The molecule has 0 bridgehead atoms. The van der Waals surface area contributed by atoms with Crippen LogP contribution in [-0.2, 0) is 27.4 Å². The van der Waals surface area contributed by atoms with Gasteiger partial charge in [-0.25, -0.2) is 9.78 Å². The number of nitrogens with two attached hydrogens (primary N) is 1. The number of aryl methyl sites for hydroxylation is 1. The molecule has 0 saturated carbocycles. The van der Waals surface area contributed by atoms with Crippen molar-refractivity contribution in [2.75, 3.05) is 13.1 Å². The van der Waals surface area contributed by atoms with E-state index in [0.717, 1.165) is 16.7 Å². The van der Waals surface area contributed by atoms with Gasteiger partial charge in [-0.05, 0) is 67.5 Å². The van der Waals surface area contributed by atoms with E-state index in [9.17, 15) is 19.2 Å². The maximum atomic E-state index is 14.6. The Morgan fingerprint density at radius 3 is 2.19 bits per heavy atom. The third-order valence-corrected chi connectivity index (χ3v) is 9.94. The maximum Gasteiger partial charge on any atom is 0.408 e. The Morgan fingerprint density at radius 2 is 1.49 bits per heavy atom. The monoisotopic (exact) mass is 714 g/mol. The van der Waals surface area contributed by atoms with Gasteiger partial charge >= 0.3 is 6.09 Å². The summed E-state index contributed by atoms with van der Waals surface area (Å²) >= 11 is 0. The quantitative estimate of drug-likeness (QED) is 0.0772. The van der Waals surface area contributed by atoms with Gasteiger partial charge in [-0.3, -0.25) is 14.4 Å². The second-order valence-electron chi connectivity index (χ2n) is 13.6. The van der Waals surface area contributed by atoms with Crippen molar-refractivity contribution in [3.8, 4) is 0 Å². The predicted molar refractivity (Wildman–Crippen MR) is 202 cm³/mol. The number of fused-ring (bicyclic) bond motifs is 1. The number of nitrogens with zero attached hydrogens (tertiary/aromatic N) is 2. The number of Topliss-reactive ketones (excluding diaryl/α,β-unsaturated/α-hetero) is 2. The molecule has 10 heteroatoms. The lowest BCUT2D eigenvalue weighted by Crippen LogP contribution is -2.53. The SMILES string of the molecule is NCCCC[C@H](CC(=O)[C@@H]1[C@@H](c2ccccc2)CCN1C(=O)[C@@H](CCc1ccccc1)NC(=O)OCc1ccccc1)C(=O)c1nc2ccccc2o1. The number of alkyl carbamates (subject to hydrolysis) is 1. The standard InChI is InChI=1S/C43H46N4O6/c44-26-13-12-20-33(40(49)41-45-35-21-10-11-22-38(35)53-41)28-37(48)39-34(32-18-8-3-9-19-32)25-27-47(39)42(50)36(24-23-30-14-4-1-5-15-30)46-43(51)52-29-31-16-6-2-7-17-31/h1-11,14-19,21-22,33-34,36,39H,12-13,20,23-29,44H2,(H,46,51)/t33-,34-,36-,39+/m1/s1. The number of carbonyl (C=O) groups excluding carboxylic acids is 4. The van der Waals surface area contributed by atoms with Crippen LogP contribution in [0.15, 0.2) is 120 Å². The summed E-state index contributed by atoms with van der Waals surface area (Å²) in [5, 5.41) is 2.83. The highest BCUT2D eigenvalue weighted by molar-refractivity contribution is 6.00. The number of aromatic nitrogens is 1. The van der Waals surface area contributed by atoms with Gasteiger partial charge in [0.15, 0.2) is 11.4 Å². The van der Waals surface area contributed by atoms with Crippen molar-refractivity contribution >= 4 is 34.7 Å². The van der Waals surface area contributed by atoms with Crippen LogP contribution in [0.2, 0.25) is 0 Å². The predicted octanol–water partition coefficient (Wildman–Crippen LogP) is 7.03. The first-order valence-corrected chi connectivity index (χ1v) is 18.4. The zero-order chi connectivity index (χ0) is 37.0. The first-order valence-electron chi connectivity index (χ1n) is 18.4. The summed E-state index contributed by atoms with van der Waals surface area (Å²) in [6.07, 6.45) is 2.32. The van der Waals surface area contributed by atoms with Crippen molar-refractivity contribution in [3.63, 3.8) is 0 Å². The van der Waals surface area contributed by atoms with Gasteiger partial charge in [-0.15, -0.1) is 0 Å². The number of likely N-dealkylation sites (tertiary alicyclic amines) is 1. The fourth-order valence-corrected chi connectivity index (χ4v) is 7.18. The topological polar surface area (TPSA) is 145 Å². The first kappa shape index (κ1) is 37.2. The number of hydrogen-bond donors (Lipinski definition) is 2. The zero-order valence-corrected chi connectivity index (χ0v) is 29.8. The number of ether oxygens (including phenoxy) is 1. The molecule has 4 aromatic carbocycles. The van der Waals surface area contributed by atoms with Gasteiger partial charge in [0.25, 0.3) is 5.89 Å². The van der Waals surface area contributed by atoms with Crippen LogP contribution >= 0.6 is 0 Å². The van der Waals surface area contributed by atoms with E-state index in [0.29, 0.717) is 62.7 Å². The van der Waals surface area contributed by atoms with E-state index < -0.39 is 24.1 Å². The Hall–Kier alpha value is -5.61. The molecule has 5 aromatic rings. The van der Waals surface area contributed by atoms with E-state index in [1.54, 1.807) is 17.0 Å². The van der Waals surface area contributed by atoms with Gasteiger partial charge in [0.2, 0.25) is 11.7 Å². The molecule has 2 heterocycles. The van der Waals surface area contributed by atoms with E-state index in [2.05, 4.69) is 10.3 Å². The van der Waals surface area contributed by atoms with Gasteiger partial charge in [0.1, 0.15) is 18.2 Å². The largest absolute Gasteiger partial charge is 0.445 e. The first-order chi connectivity index (χ1) is 25.9. The zero-order valence-electron chi connectivity index (χ0n) is 29.8. The van der Waals surface area contributed by atoms with Gasteiger partial charge < -0.3 is 25.1 Å². The fraction of sp³-hybridized carbons (Fsp3) is 0.326. The summed E-state index contributed by atoms with van der Waals surface area (Å²) in [6, 6.07) is 34.1. The Labute approximate surface area is 309 Å². The lowest BCUT2D eigenvalue weighted by molar-refractivity contribution is -0.139. The second-order valence-corrected chi connectivity index (χ2v) is 13.6. The highest BCUT2D eigenvalue weighted by Crippen LogP contribution is 2.37. The molecule has 2 amide bonds. The average molecular weight is 715 g/mol. The van der Waals surface area contributed by atoms with Crippen molar-refractivity contribution in [1.29, 1.82) is 0 Å². The molecular formula is C43H46N4O6. The molecule has 6 rings (SSSR count). The minimum absolute atomic E-state index is 0.0325. The molecular weight excluding hydrogens is 668 g/mol. The molecule has 0 unspecified atom stereocenters. The summed E-state index contributed by atoms with van der Waals surface area (Å²) in [7, 11) is 0. The molecule has 0 spiro atoms. The van der Waals surface area contributed by atoms with E-state index in [1.165, 1.54) is 0 Å². The van der Waals surface area contributed by atoms with Crippen molar-refractivity contribution in [3.05, 3.63) is 138 Å². The van der Waals surface area contributed by atoms with Gasteiger partial charge in [0.05, 0.1) is 6.04 Å². The number of para-hydroxylation sites is 2. The van der Waals surface area contributed by atoms with Crippen molar-refractivity contribution in [2.24, 2.45) is 11.7 Å². The Kier molecular flexibility index (Phi) is 12.8. The van der Waals surface area contributed by atoms with Crippen LogP contribution < -0.4 is 11.1 Å². The molecule has 3 N–H and O–H groups in total. The summed E-state index contributed by atoms with van der Waals surface area (Å²) in [5.41, 5.74) is 9.62. The van der Waals surface area contributed by atoms with Crippen molar-refractivity contribution in [1.82, 2.24) is 15.2 Å². The van der Waals surface area contributed by atoms with E-state index >= 15 is 0 Å². The Morgan fingerprint density at radius 1 is 0.830 bits per heavy atom. The lowest BCUT2D eigenvalue weighted by Gasteiger charge is -2.31. The number of unbranched alkanes of at least 4 members (excludes halogenated alkanes) is 1. The Balaban J connectivity index is 1.26. The van der Waals surface area contributed by atoms with E-state index in [1.807, 2.05) is 103 Å². The van der Waals surface area contributed by atoms with Crippen LogP contribution in [0.1, 0.15) is 71.8 Å². The minimum Gasteiger partial charge on any atom is -0.445 e. The summed E-state index contributed by atoms with van der Waals surface area (Å²) < 4.78 is 11.4. The molecule has 53 heavy (non-hydrogen) atoms. The lowest BCUT2D eigenvalue weighted by atomic mass is 9.84. The molecule has 274 valence electrons. The number of carbonyl (C=O) groups is 4. The third-order valence-electron chi connectivity index (χ3n) is 9.94. The number of hydrogen-bond acceptors (Lipinski definition) is 8. The molecule has 4 atom stereocenters. The molecule has 1 aromatic heterocycles. The maximum absolute atomic E-state index is 14.6. The fourth-order valence-electron chi connectivity index (χ4n) is 7.18. The third kappa shape index (κ3) is 9.64. The van der Waals surface area contributed by atoms with Crippen LogP contribution in [0.5, 0.6) is 0 Å². The molecule has 1 saturated heterocycles. The van der Waals surface area contributed by atoms with E-state index in [4.69, 9.17) is 14.9 Å². The molecule has 1 aliphatic rings. The van der Waals surface area contributed by atoms with Crippen LogP contribution in [0.4, 0.5) is 4.79 Å². The molecule has 0 aliphatic carbocycles. The highest BCUT2D eigenvalue weighted by atomic mass is 16.5. The number of rotatable bonds is 17. The molecule has 1 aliphatic heterocycles. The Bertz CT molecular complexity index is 1930. The van der Waals surface area contributed by atoms with Crippen molar-refractivity contribution in [2.45, 2.75) is 69.6 Å². The number of ketones is 2. The molecule has 0 radical (unpaired) electrons. The van der Waals surface area contributed by atoms with Crippen LogP contribution in [0, 0.1) is 5.92 Å². The summed E-state index contributed by atoms with van der Waals surface area (Å²) in [4.78, 5) is 62.4. The minimum atomic E-state index is -0.954. The number of amides is 2. The second kappa shape index (κ2) is 18.2. The number of oxazole rings is 1. The van der Waals surface area contributed by atoms with E-state index in [-0.39, 0.29) is 42.3 Å².